The molecule has 0 fully saturated rings. The Morgan fingerprint density at radius 3 is 2.11 bits per heavy atom. The van der Waals surface area contributed by atoms with Gasteiger partial charge < -0.3 is 0 Å². The van der Waals surface area contributed by atoms with E-state index in [1.165, 1.54) is 0 Å². The van der Waals surface area contributed by atoms with E-state index in [2.05, 4.69) is 11.1 Å². The average Bonchev–Trinajstić information content (AvgIpc) is 1.62. The molecule has 0 spiro atoms. The Morgan fingerprint density at radius 1 is 1.56 bits per heavy atom. The van der Waals surface area contributed by atoms with Crippen LogP contribution in [0.3, 0.4) is 0 Å². The summed E-state index contributed by atoms with van der Waals surface area (Å²) in [5.74, 6) is -1.06. The predicted molar refractivity (Wildman–Crippen MR) is 31.3 cm³/mol. The Bertz CT molecular complexity index is 125. The standard InChI is InChI=1S/C3H7O5P/c1-2-3(4)8-9(5,6)7/h2,5-7,9H,1H2. The van der Waals surface area contributed by atoms with Crippen LogP contribution in [0.2, 0.25) is 0 Å². The van der Waals surface area contributed by atoms with Crippen molar-refractivity contribution in [3.05, 3.63) is 12.7 Å². The molecule has 5 nitrogen and oxygen atoms in total. The second kappa shape index (κ2) is 2.89. The average molecular weight is 154 g/mol. The van der Waals surface area contributed by atoms with Crippen molar-refractivity contribution >= 4 is 14.1 Å². The summed E-state index contributed by atoms with van der Waals surface area (Å²) < 4.78 is 3.64. The summed E-state index contributed by atoms with van der Waals surface area (Å²) in [4.78, 5) is 34.3. The normalized spacial score (nSPS) is 12.3. The second-order valence-corrected chi connectivity index (χ2v) is 2.55. The first-order chi connectivity index (χ1) is 3.95. The van der Waals surface area contributed by atoms with E-state index in [4.69, 9.17) is 14.7 Å². The fourth-order valence-corrected chi connectivity index (χ4v) is 0.530. The van der Waals surface area contributed by atoms with Crippen molar-refractivity contribution in [2.45, 2.75) is 0 Å². The molecule has 0 atom stereocenters. The Morgan fingerprint density at radius 2 is 2.00 bits per heavy atom. The van der Waals surface area contributed by atoms with Crippen molar-refractivity contribution < 1.29 is 24.0 Å². The van der Waals surface area contributed by atoms with Gasteiger partial charge in [-0.05, 0) is 0 Å². The summed E-state index contributed by atoms with van der Waals surface area (Å²) in [5, 5.41) is 0. The summed E-state index contributed by atoms with van der Waals surface area (Å²) in [6.07, 6.45) is 0.713. The molecule has 0 aromatic rings. The van der Waals surface area contributed by atoms with Gasteiger partial charge in [-0.2, -0.15) is 0 Å². The molecule has 0 bridgehead atoms. The number of hydrogen-bond donors (Lipinski definition) is 3. The molecule has 54 valence electrons. The summed E-state index contributed by atoms with van der Waals surface area (Å²) in [6.45, 7) is 2.96. The minimum atomic E-state index is -4.66. The van der Waals surface area contributed by atoms with Gasteiger partial charge in [0, 0.05) is 0 Å². The molecule has 6 heteroatoms. The molecule has 3 N–H and O–H groups in total. The topological polar surface area (TPSA) is 87.0 Å². The van der Waals surface area contributed by atoms with Crippen molar-refractivity contribution in [3.8, 4) is 0 Å². The molecule has 0 aliphatic heterocycles. The van der Waals surface area contributed by atoms with E-state index in [9.17, 15) is 4.79 Å². The zero-order chi connectivity index (χ0) is 7.49. The third-order valence-corrected chi connectivity index (χ3v) is 0.879. The zero-order valence-electron chi connectivity index (χ0n) is 4.44. The SMILES string of the molecule is C=CC(=O)O[PH](O)(O)O. The van der Waals surface area contributed by atoms with Gasteiger partial charge in [-0.25, -0.2) is 0 Å². The molecule has 0 aliphatic carbocycles. The molecule has 0 saturated carbocycles. The van der Waals surface area contributed by atoms with E-state index < -0.39 is 14.1 Å². The number of rotatable bonds is 2. The van der Waals surface area contributed by atoms with Crippen LogP contribution in [0.1, 0.15) is 0 Å². The quantitative estimate of drug-likeness (QED) is 0.354. The van der Waals surface area contributed by atoms with E-state index >= 15 is 0 Å². The van der Waals surface area contributed by atoms with E-state index in [-0.39, 0.29) is 0 Å². The van der Waals surface area contributed by atoms with Gasteiger partial charge in [0.2, 0.25) is 0 Å². The zero-order valence-corrected chi connectivity index (χ0v) is 5.44. The molecule has 0 saturated heterocycles. The van der Waals surface area contributed by atoms with Crippen LogP contribution >= 0.6 is 8.17 Å². The van der Waals surface area contributed by atoms with E-state index in [1.54, 1.807) is 0 Å². The molecule has 9 heavy (non-hydrogen) atoms. The number of carbonyl (C=O) groups excluding carboxylic acids is 1. The van der Waals surface area contributed by atoms with Gasteiger partial charge >= 0.3 is 50.8 Å². The first kappa shape index (κ1) is 8.52. The first-order valence-electron chi connectivity index (χ1n) is 1.98. The summed E-state index contributed by atoms with van der Waals surface area (Å²) >= 11 is 0. The van der Waals surface area contributed by atoms with Crippen molar-refractivity contribution in [1.29, 1.82) is 0 Å². The van der Waals surface area contributed by atoms with Gasteiger partial charge in [-0.3, -0.25) is 0 Å². The van der Waals surface area contributed by atoms with Crippen LogP contribution in [0, 0.1) is 0 Å². The second-order valence-electron chi connectivity index (χ2n) is 1.20. The number of carbonyl (C=O) groups is 1. The van der Waals surface area contributed by atoms with Gasteiger partial charge in [-0.15, -0.1) is 0 Å². The Balaban J connectivity index is 3.74. The van der Waals surface area contributed by atoms with Gasteiger partial charge in [0.05, 0.1) is 0 Å². The van der Waals surface area contributed by atoms with E-state index in [0.29, 0.717) is 6.08 Å². The fraction of sp³-hybridized carbons (Fsp3) is 0. The van der Waals surface area contributed by atoms with E-state index in [0.717, 1.165) is 0 Å². The van der Waals surface area contributed by atoms with Gasteiger partial charge in [0.15, 0.2) is 0 Å². The Labute approximate surface area is 51.9 Å². The van der Waals surface area contributed by atoms with Crippen molar-refractivity contribution in [3.63, 3.8) is 0 Å². The molecule has 0 radical (unpaired) electrons. The molecule has 0 unspecified atom stereocenters. The third-order valence-electron chi connectivity index (χ3n) is 0.404. The molecule has 0 aromatic carbocycles. The van der Waals surface area contributed by atoms with Gasteiger partial charge in [0.25, 0.3) is 0 Å². The Kier molecular flexibility index (Phi) is 2.73. The third kappa shape index (κ3) is 5.39. The summed E-state index contributed by atoms with van der Waals surface area (Å²) in [7, 11) is -4.66. The van der Waals surface area contributed by atoms with Crippen LogP contribution in [0.5, 0.6) is 0 Å². The molecule has 0 aromatic heterocycles. The van der Waals surface area contributed by atoms with Crippen LogP contribution in [0.15, 0.2) is 12.7 Å². The number of hydrogen-bond acceptors (Lipinski definition) is 5. The van der Waals surface area contributed by atoms with Crippen LogP contribution in [-0.2, 0) is 9.32 Å². The molecule has 0 amide bonds. The molecule has 0 heterocycles. The monoisotopic (exact) mass is 154 g/mol. The molecular formula is C3H7O5P. The fourth-order valence-electron chi connectivity index (χ4n) is 0.177. The van der Waals surface area contributed by atoms with Gasteiger partial charge in [-0.1, -0.05) is 0 Å². The van der Waals surface area contributed by atoms with Crippen LogP contribution in [0.25, 0.3) is 0 Å². The van der Waals surface area contributed by atoms with Crippen molar-refractivity contribution in [2.24, 2.45) is 0 Å². The Hall–Kier alpha value is -0.480. The molecular weight excluding hydrogens is 147 g/mol. The van der Waals surface area contributed by atoms with Crippen molar-refractivity contribution in [2.75, 3.05) is 0 Å². The maximum atomic E-state index is 10.0. The van der Waals surface area contributed by atoms with Crippen molar-refractivity contribution in [1.82, 2.24) is 0 Å². The maximum absolute atomic E-state index is 10.0. The summed E-state index contributed by atoms with van der Waals surface area (Å²) in [5.41, 5.74) is 0. The van der Waals surface area contributed by atoms with Crippen LogP contribution in [0.4, 0.5) is 0 Å². The summed E-state index contributed by atoms with van der Waals surface area (Å²) in [6, 6.07) is 0. The molecule has 0 rings (SSSR count). The van der Waals surface area contributed by atoms with Crippen LogP contribution < -0.4 is 0 Å². The first-order valence-corrected chi connectivity index (χ1v) is 3.73. The predicted octanol–water partition coefficient (Wildman–Crippen LogP) is -0.898. The van der Waals surface area contributed by atoms with Gasteiger partial charge in [0.1, 0.15) is 0 Å². The van der Waals surface area contributed by atoms with E-state index in [1.807, 2.05) is 0 Å². The van der Waals surface area contributed by atoms with Crippen LogP contribution in [-0.4, -0.2) is 20.6 Å². The molecule has 0 aliphatic rings. The minimum absolute atomic E-state index is 0.713.